The van der Waals surface area contributed by atoms with Gasteiger partial charge in [-0.3, -0.25) is 0 Å². The molecule has 0 atom stereocenters. The normalized spacial score (nSPS) is 11.5. The number of nitrogens with zero attached hydrogens (tertiary/aromatic N) is 1. The summed E-state index contributed by atoms with van der Waals surface area (Å²) in [6, 6.07) is 28.5. The Hall–Kier alpha value is -3.27. The molecular weight excluding hydrogens is 347 g/mol. The molecule has 0 saturated carbocycles. The first-order chi connectivity index (χ1) is 13.0. The first kappa shape index (κ1) is 17.2. The van der Waals surface area contributed by atoms with Crippen molar-refractivity contribution in [3.8, 4) is 0 Å². The number of para-hydroxylation sites is 1. The van der Waals surface area contributed by atoms with Gasteiger partial charge in [-0.15, -0.1) is 0 Å². The summed E-state index contributed by atoms with van der Waals surface area (Å²) in [5.74, 6) is 0. The van der Waals surface area contributed by atoms with Gasteiger partial charge in [0.25, 0.3) is 0 Å². The van der Waals surface area contributed by atoms with Crippen molar-refractivity contribution >= 4 is 27.8 Å². The Morgan fingerprint density at radius 3 is 2.00 bits per heavy atom. The monoisotopic (exact) mass is 363 g/mol. The Morgan fingerprint density at radius 2 is 1.22 bits per heavy atom. The third-order valence-corrected chi connectivity index (χ3v) is 4.45. The van der Waals surface area contributed by atoms with E-state index in [9.17, 15) is 13.2 Å². The van der Waals surface area contributed by atoms with E-state index >= 15 is 0 Å². The van der Waals surface area contributed by atoms with Gasteiger partial charge >= 0.3 is 6.18 Å². The highest BCUT2D eigenvalue weighted by molar-refractivity contribution is 5.98. The smallest absolute Gasteiger partial charge is 0.310 e. The topological polar surface area (TPSA) is 3.24 Å². The molecule has 0 aliphatic carbocycles. The minimum atomic E-state index is -4.39. The van der Waals surface area contributed by atoms with Gasteiger partial charge in [-0.05, 0) is 41.8 Å². The molecule has 0 saturated heterocycles. The zero-order chi connectivity index (χ0) is 18.9. The standard InChI is InChI=1S/C23H16F3N/c24-23(25,26)18-10-7-13-20(16-18)27(19-11-2-1-3-12-19)22-15-6-9-17-8-4-5-14-21(17)22/h1-16H. The Morgan fingerprint density at radius 1 is 0.593 bits per heavy atom. The summed E-state index contributed by atoms with van der Waals surface area (Å²) in [5.41, 5.74) is 1.43. The molecule has 0 spiro atoms. The van der Waals surface area contributed by atoms with Crippen LogP contribution >= 0.6 is 0 Å². The highest BCUT2D eigenvalue weighted by Gasteiger charge is 2.31. The van der Waals surface area contributed by atoms with E-state index < -0.39 is 11.7 Å². The van der Waals surface area contributed by atoms with Crippen LogP contribution in [0.5, 0.6) is 0 Å². The van der Waals surface area contributed by atoms with Crippen molar-refractivity contribution in [3.63, 3.8) is 0 Å². The molecule has 4 heteroatoms. The number of hydrogen-bond acceptors (Lipinski definition) is 1. The second-order valence-corrected chi connectivity index (χ2v) is 6.22. The van der Waals surface area contributed by atoms with E-state index in [1.54, 1.807) is 6.07 Å². The van der Waals surface area contributed by atoms with Gasteiger partial charge in [-0.25, -0.2) is 0 Å². The van der Waals surface area contributed by atoms with Crippen LogP contribution in [0.3, 0.4) is 0 Å². The summed E-state index contributed by atoms with van der Waals surface area (Å²) in [6.07, 6.45) is -4.39. The molecule has 134 valence electrons. The number of anilines is 3. The third-order valence-electron chi connectivity index (χ3n) is 4.45. The van der Waals surface area contributed by atoms with E-state index in [1.807, 2.05) is 77.7 Å². The van der Waals surface area contributed by atoms with E-state index in [0.29, 0.717) is 5.69 Å². The van der Waals surface area contributed by atoms with Crippen molar-refractivity contribution in [2.24, 2.45) is 0 Å². The summed E-state index contributed by atoms with van der Waals surface area (Å²) in [5, 5.41) is 2.00. The molecule has 27 heavy (non-hydrogen) atoms. The number of hydrogen-bond donors (Lipinski definition) is 0. The van der Waals surface area contributed by atoms with E-state index in [-0.39, 0.29) is 0 Å². The van der Waals surface area contributed by atoms with Crippen LogP contribution in [0.4, 0.5) is 30.2 Å². The second-order valence-electron chi connectivity index (χ2n) is 6.22. The van der Waals surface area contributed by atoms with Crippen LogP contribution in [-0.4, -0.2) is 0 Å². The molecule has 4 aromatic rings. The SMILES string of the molecule is FC(F)(F)c1cccc(N(c2ccccc2)c2cccc3ccccc23)c1. The van der Waals surface area contributed by atoms with Crippen molar-refractivity contribution in [2.45, 2.75) is 6.18 Å². The van der Waals surface area contributed by atoms with E-state index in [0.717, 1.165) is 28.2 Å². The number of alkyl halides is 3. The van der Waals surface area contributed by atoms with Crippen LogP contribution in [0.1, 0.15) is 5.56 Å². The van der Waals surface area contributed by atoms with Crippen LogP contribution in [0.2, 0.25) is 0 Å². The van der Waals surface area contributed by atoms with Crippen molar-refractivity contribution in [1.29, 1.82) is 0 Å². The molecule has 0 bridgehead atoms. The lowest BCUT2D eigenvalue weighted by Gasteiger charge is -2.27. The summed E-state index contributed by atoms with van der Waals surface area (Å²) < 4.78 is 39.8. The summed E-state index contributed by atoms with van der Waals surface area (Å²) in [7, 11) is 0. The summed E-state index contributed by atoms with van der Waals surface area (Å²) >= 11 is 0. The lowest BCUT2D eigenvalue weighted by molar-refractivity contribution is -0.137. The van der Waals surface area contributed by atoms with Crippen LogP contribution < -0.4 is 4.90 Å². The van der Waals surface area contributed by atoms with Crippen molar-refractivity contribution in [1.82, 2.24) is 0 Å². The predicted molar refractivity (Wildman–Crippen MR) is 104 cm³/mol. The Bertz CT molecular complexity index is 1070. The van der Waals surface area contributed by atoms with Gasteiger partial charge in [0, 0.05) is 16.8 Å². The van der Waals surface area contributed by atoms with Crippen molar-refractivity contribution in [3.05, 3.63) is 103 Å². The highest BCUT2D eigenvalue weighted by atomic mass is 19.4. The van der Waals surface area contributed by atoms with Gasteiger partial charge in [0.2, 0.25) is 0 Å². The van der Waals surface area contributed by atoms with Crippen LogP contribution in [0.25, 0.3) is 10.8 Å². The first-order valence-electron chi connectivity index (χ1n) is 8.54. The summed E-state index contributed by atoms with van der Waals surface area (Å²) in [6.45, 7) is 0. The third kappa shape index (κ3) is 3.38. The fourth-order valence-electron chi connectivity index (χ4n) is 3.23. The maximum Gasteiger partial charge on any atom is 0.416 e. The number of fused-ring (bicyclic) bond motifs is 1. The average molecular weight is 363 g/mol. The van der Waals surface area contributed by atoms with Gasteiger partial charge in [-0.1, -0.05) is 60.7 Å². The Labute approximate surface area is 155 Å². The quantitative estimate of drug-likeness (QED) is 0.368. The molecule has 0 radical (unpaired) electrons. The minimum Gasteiger partial charge on any atom is -0.310 e. The Balaban J connectivity index is 1.97. The molecular formula is C23H16F3N. The number of rotatable bonds is 3. The molecule has 0 heterocycles. The zero-order valence-electron chi connectivity index (χ0n) is 14.3. The van der Waals surface area contributed by atoms with Gasteiger partial charge in [0.15, 0.2) is 0 Å². The largest absolute Gasteiger partial charge is 0.416 e. The van der Waals surface area contributed by atoms with Gasteiger partial charge in [0.05, 0.1) is 11.3 Å². The molecule has 0 aliphatic rings. The van der Waals surface area contributed by atoms with Crippen molar-refractivity contribution in [2.75, 3.05) is 4.90 Å². The number of benzene rings is 4. The molecule has 4 rings (SSSR count). The van der Waals surface area contributed by atoms with Crippen LogP contribution in [0, 0.1) is 0 Å². The maximum absolute atomic E-state index is 13.3. The molecule has 0 N–H and O–H groups in total. The lowest BCUT2D eigenvalue weighted by Crippen LogP contribution is -2.12. The van der Waals surface area contributed by atoms with Gasteiger partial charge < -0.3 is 4.90 Å². The summed E-state index contributed by atoms with van der Waals surface area (Å²) in [4.78, 5) is 1.86. The molecule has 0 aliphatic heterocycles. The highest BCUT2D eigenvalue weighted by Crippen LogP contribution is 2.40. The van der Waals surface area contributed by atoms with Crippen LogP contribution in [0.15, 0.2) is 97.1 Å². The molecule has 1 nitrogen and oxygen atoms in total. The van der Waals surface area contributed by atoms with E-state index in [2.05, 4.69) is 0 Å². The lowest BCUT2D eigenvalue weighted by atomic mass is 10.1. The van der Waals surface area contributed by atoms with Gasteiger partial charge in [-0.2, -0.15) is 13.2 Å². The number of halogens is 3. The fraction of sp³-hybridized carbons (Fsp3) is 0.0435. The molecule has 0 fully saturated rings. The molecule has 0 unspecified atom stereocenters. The molecule has 4 aromatic carbocycles. The minimum absolute atomic E-state index is 0.465. The van der Waals surface area contributed by atoms with E-state index in [4.69, 9.17) is 0 Å². The Kier molecular flexibility index (Phi) is 4.32. The molecule has 0 amide bonds. The zero-order valence-corrected chi connectivity index (χ0v) is 14.3. The van der Waals surface area contributed by atoms with Gasteiger partial charge in [0.1, 0.15) is 0 Å². The van der Waals surface area contributed by atoms with Crippen LogP contribution in [-0.2, 0) is 6.18 Å². The predicted octanol–water partition coefficient (Wildman–Crippen LogP) is 7.33. The average Bonchev–Trinajstić information content (AvgIpc) is 2.69. The van der Waals surface area contributed by atoms with Crippen molar-refractivity contribution < 1.29 is 13.2 Å². The first-order valence-corrected chi connectivity index (χ1v) is 8.54. The fourth-order valence-corrected chi connectivity index (χ4v) is 3.23. The maximum atomic E-state index is 13.3. The second kappa shape index (κ2) is 6.80. The van der Waals surface area contributed by atoms with E-state index in [1.165, 1.54) is 12.1 Å². The molecule has 0 aromatic heterocycles.